The SMILES string of the molecule is O=C(O)c1cc(Sc2ccc3nnnn3n2)ccc1Br. The summed E-state index contributed by atoms with van der Waals surface area (Å²) in [6.07, 6.45) is 0. The number of carbonyl (C=O) groups is 1. The van der Waals surface area contributed by atoms with Crippen LogP contribution in [0.1, 0.15) is 10.4 Å². The zero-order valence-corrected chi connectivity index (χ0v) is 12.2. The van der Waals surface area contributed by atoms with Gasteiger partial charge < -0.3 is 5.11 Å². The van der Waals surface area contributed by atoms with E-state index in [1.54, 1.807) is 24.3 Å². The highest BCUT2D eigenvalue weighted by molar-refractivity contribution is 9.10. The summed E-state index contributed by atoms with van der Waals surface area (Å²) in [6, 6.07) is 8.61. The molecule has 0 saturated heterocycles. The summed E-state index contributed by atoms with van der Waals surface area (Å²) >= 11 is 4.54. The first-order valence-corrected chi connectivity index (χ1v) is 7.00. The number of hydrogen-bond donors (Lipinski definition) is 1. The number of benzene rings is 1. The lowest BCUT2D eigenvalue weighted by molar-refractivity contribution is 0.0695. The van der Waals surface area contributed by atoms with Crippen molar-refractivity contribution in [1.82, 2.24) is 25.3 Å². The molecule has 0 aliphatic carbocycles. The Balaban J connectivity index is 1.94. The summed E-state index contributed by atoms with van der Waals surface area (Å²) < 4.78 is 1.86. The highest BCUT2D eigenvalue weighted by Crippen LogP contribution is 2.29. The van der Waals surface area contributed by atoms with E-state index in [0.717, 1.165) is 4.90 Å². The standard InChI is InChI=1S/C11H6BrN5O2S/c12-8-2-1-6(5-7(8)11(18)19)20-10-4-3-9-13-15-16-17(9)14-10/h1-5H,(H,18,19). The lowest BCUT2D eigenvalue weighted by Crippen LogP contribution is -1.98. The van der Waals surface area contributed by atoms with E-state index in [2.05, 4.69) is 36.6 Å². The number of halogens is 1. The van der Waals surface area contributed by atoms with E-state index in [1.165, 1.54) is 16.4 Å². The molecule has 0 unspecified atom stereocenters. The molecule has 9 heteroatoms. The smallest absolute Gasteiger partial charge is 0.336 e. The molecule has 0 saturated carbocycles. The Bertz CT molecular complexity index is 806. The van der Waals surface area contributed by atoms with E-state index in [0.29, 0.717) is 15.1 Å². The zero-order chi connectivity index (χ0) is 14.1. The predicted molar refractivity (Wildman–Crippen MR) is 73.8 cm³/mol. The molecule has 3 rings (SSSR count). The Hall–Kier alpha value is -2.00. The lowest BCUT2D eigenvalue weighted by Gasteiger charge is -2.04. The quantitative estimate of drug-likeness (QED) is 0.772. The van der Waals surface area contributed by atoms with Crippen LogP contribution in [0, 0.1) is 0 Å². The first-order chi connectivity index (χ1) is 9.63. The molecule has 1 aromatic carbocycles. The van der Waals surface area contributed by atoms with E-state index in [4.69, 9.17) is 5.11 Å². The molecule has 2 heterocycles. The molecule has 0 amide bonds. The van der Waals surface area contributed by atoms with Gasteiger partial charge in [0.15, 0.2) is 5.65 Å². The fourth-order valence-corrected chi connectivity index (χ4v) is 2.77. The summed E-state index contributed by atoms with van der Waals surface area (Å²) in [5, 5.41) is 24.9. The second kappa shape index (κ2) is 5.17. The van der Waals surface area contributed by atoms with Crippen molar-refractivity contribution in [2.24, 2.45) is 0 Å². The molecular weight excluding hydrogens is 346 g/mol. The van der Waals surface area contributed by atoms with Gasteiger partial charge in [0.1, 0.15) is 5.03 Å². The maximum Gasteiger partial charge on any atom is 0.336 e. The number of carboxylic acids is 1. The minimum absolute atomic E-state index is 0.207. The van der Waals surface area contributed by atoms with Crippen LogP contribution in [-0.2, 0) is 0 Å². The molecular formula is C11H6BrN5O2S. The van der Waals surface area contributed by atoms with E-state index in [-0.39, 0.29) is 5.56 Å². The van der Waals surface area contributed by atoms with Crippen molar-refractivity contribution in [3.8, 4) is 0 Å². The van der Waals surface area contributed by atoms with Crippen molar-refractivity contribution in [1.29, 1.82) is 0 Å². The zero-order valence-electron chi connectivity index (χ0n) is 9.76. The van der Waals surface area contributed by atoms with Gasteiger partial charge in [-0.2, -0.15) is 0 Å². The maximum atomic E-state index is 11.1. The number of rotatable bonds is 3. The van der Waals surface area contributed by atoms with Gasteiger partial charge in [0, 0.05) is 9.37 Å². The van der Waals surface area contributed by atoms with E-state index in [9.17, 15) is 4.79 Å². The van der Waals surface area contributed by atoms with Crippen LogP contribution in [0.3, 0.4) is 0 Å². The minimum atomic E-state index is -0.983. The molecule has 0 aliphatic rings. The van der Waals surface area contributed by atoms with Gasteiger partial charge in [-0.3, -0.25) is 0 Å². The van der Waals surface area contributed by atoms with E-state index < -0.39 is 5.97 Å². The Morgan fingerprint density at radius 3 is 2.95 bits per heavy atom. The van der Waals surface area contributed by atoms with Crippen molar-refractivity contribution < 1.29 is 9.90 Å². The number of carboxylic acid groups (broad SMARTS) is 1. The summed E-state index contributed by atoms with van der Waals surface area (Å²) in [7, 11) is 0. The molecule has 7 nitrogen and oxygen atoms in total. The van der Waals surface area contributed by atoms with Gasteiger partial charge in [0.25, 0.3) is 0 Å². The minimum Gasteiger partial charge on any atom is -0.478 e. The first kappa shape index (κ1) is 13.0. The molecule has 0 aliphatic heterocycles. The van der Waals surface area contributed by atoms with Crippen LogP contribution in [0.25, 0.3) is 5.65 Å². The fraction of sp³-hybridized carbons (Fsp3) is 0. The number of tetrazole rings is 1. The van der Waals surface area contributed by atoms with Crippen LogP contribution < -0.4 is 0 Å². The number of aromatic carboxylic acids is 1. The second-order valence-electron chi connectivity index (χ2n) is 3.75. The Labute approximate surface area is 125 Å². The second-order valence-corrected chi connectivity index (χ2v) is 5.70. The van der Waals surface area contributed by atoms with Crippen LogP contribution in [0.4, 0.5) is 0 Å². The van der Waals surface area contributed by atoms with Crippen molar-refractivity contribution in [2.45, 2.75) is 9.92 Å². The Morgan fingerprint density at radius 2 is 2.15 bits per heavy atom. The van der Waals surface area contributed by atoms with Crippen LogP contribution in [0.2, 0.25) is 0 Å². The third-order valence-corrected chi connectivity index (χ3v) is 4.04. The predicted octanol–water partition coefficient (Wildman–Crippen LogP) is 2.13. The average molecular weight is 352 g/mol. The molecule has 3 aromatic rings. The van der Waals surface area contributed by atoms with Crippen LogP contribution in [0.5, 0.6) is 0 Å². The third-order valence-electron chi connectivity index (χ3n) is 2.44. The molecule has 1 N–H and O–H groups in total. The van der Waals surface area contributed by atoms with Crippen molar-refractivity contribution >= 4 is 39.3 Å². The van der Waals surface area contributed by atoms with Gasteiger partial charge in [-0.1, -0.05) is 11.8 Å². The van der Waals surface area contributed by atoms with Gasteiger partial charge in [-0.25, -0.2) is 4.79 Å². The molecule has 2 aromatic heterocycles. The molecule has 0 atom stereocenters. The number of nitrogens with zero attached hydrogens (tertiary/aromatic N) is 5. The van der Waals surface area contributed by atoms with E-state index >= 15 is 0 Å². The lowest BCUT2D eigenvalue weighted by atomic mass is 10.2. The fourth-order valence-electron chi connectivity index (χ4n) is 1.54. The normalized spacial score (nSPS) is 10.8. The molecule has 0 radical (unpaired) electrons. The average Bonchev–Trinajstić information content (AvgIpc) is 2.88. The van der Waals surface area contributed by atoms with Crippen LogP contribution in [-0.4, -0.2) is 36.3 Å². The highest BCUT2D eigenvalue weighted by atomic mass is 79.9. The molecule has 0 bridgehead atoms. The summed E-state index contributed by atoms with van der Waals surface area (Å²) in [4.78, 5) is 11.8. The Kier molecular flexibility index (Phi) is 3.36. The van der Waals surface area contributed by atoms with Crippen LogP contribution >= 0.6 is 27.7 Å². The van der Waals surface area contributed by atoms with Gasteiger partial charge in [-0.15, -0.1) is 14.8 Å². The number of aromatic nitrogens is 5. The summed E-state index contributed by atoms with van der Waals surface area (Å²) in [5.74, 6) is -0.983. The molecule has 0 spiro atoms. The van der Waals surface area contributed by atoms with Crippen molar-refractivity contribution in [3.05, 3.63) is 40.4 Å². The largest absolute Gasteiger partial charge is 0.478 e. The first-order valence-electron chi connectivity index (χ1n) is 5.39. The molecule has 0 fully saturated rings. The third kappa shape index (κ3) is 2.49. The highest BCUT2D eigenvalue weighted by Gasteiger charge is 2.10. The Morgan fingerprint density at radius 1 is 1.30 bits per heavy atom. The molecule has 20 heavy (non-hydrogen) atoms. The van der Waals surface area contributed by atoms with Crippen molar-refractivity contribution in [3.63, 3.8) is 0 Å². The summed E-state index contributed by atoms with van der Waals surface area (Å²) in [6.45, 7) is 0. The van der Waals surface area contributed by atoms with Gasteiger partial charge in [0.2, 0.25) is 0 Å². The molecule has 100 valence electrons. The van der Waals surface area contributed by atoms with Crippen molar-refractivity contribution in [2.75, 3.05) is 0 Å². The summed E-state index contributed by atoms with van der Waals surface area (Å²) in [5.41, 5.74) is 0.759. The maximum absolute atomic E-state index is 11.1. The number of hydrogen-bond acceptors (Lipinski definition) is 6. The van der Waals surface area contributed by atoms with Gasteiger partial charge in [-0.05, 0) is 56.7 Å². The topological polar surface area (TPSA) is 93.3 Å². The van der Waals surface area contributed by atoms with Crippen LogP contribution in [0.15, 0.2) is 44.7 Å². The van der Waals surface area contributed by atoms with E-state index in [1.807, 2.05) is 6.07 Å². The monoisotopic (exact) mass is 351 g/mol. The van der Waals surface area contributed by atoms with Gasteiger partial charge in [0.05, 0.1) is 5.56 Å². The number of fused-ring (bicyclic) bond motifs is 1. The van der Waals surface area contributed by atoms with Gasteiger partial charge >= 0.3 is 5.97 Å².